The van der Waals surface area contributed by atoms with E-state index in [9.17, 15) is 4.39 Å². The van der Waals surface area contributed by atoms with Gasteiger partial charge in [0, 0.05) is 12.2 Å². The van der Waals surface area contributed by atoms with Crippen LogP contribution in [0.1, 0.15) is 11.1 Å². The molecule has 0 saturated carbocycles. The molecule has 0 saturated heterocycles. The highest BCUT2D eigenvalue weighted by molar-refractivity contribution is 6.42. The van der Waals surface area contributed by atoms with Crippen LogP contribution in [0.25, 0.3) is 0 Å². The summed E-state index contributed by atoms with van der Waals surface area (Å²) in [7, 11) is 0. The fourth-order valence-corrected chi connectivity index (χ4v) is 1.99. The molecule has 1 nitrogen and oxygen atoms in total. The second-order valence-corrected chi connectivity index (χ2v) is 4.88. The Morgan fingerprint density at radius 1 is 1.06 bits per heavy atom. The van der Waals surface area contributed by atoms with Gasteiger partial charge in [0.15, 0.2) is 0 Å². The van der Waals surface area contributed by atoms with E-state index in [0.717, 1.165) is 16.8 Å². The molecule has 0 aliphatic heterocycles. The van der Waals surface area contributed by atoms with Crippen LogP contribution in [0.5, 0.6) is 0 Å². The van der Waals surface area contributed by atoms with Gasteiger partial charge < -0.3 is 5.32 Å². The number of benzene rings is 2. The first-order valence-electron chi connectivity index (χ1n) is 5.50. The molecule has 0 aliphatic carbocycles. The second-order valence-electron chi connectivity index (χ2n) is 4.06. The Bertz CT molecular complexity index is 570. The first-order valence-corrected chi connectivity index (χ1v) is 6.26. The van der Waals surface area contributed by atoms with Crippen LogP contribution in [0.3, 0.4) is 0 Å². The highest BCUT2D eigenvalue weighted by Gasteiger charge is 2.02. The van der Waals surface area contributed by atoms with Crippen molar-refractivity contribution in [1.82, 2.24) is 0 Å². The lowest BCUT2D eigenvalue weighted by molar-refractivity contribution is 0.627. The van der Waals surface area contributed by atoms with Crippen molar-refractivity contribution in [2.24, 2.45) is 0 Å². The van der Waals surface area contributed by atoms with Crippen molar-refractivity contribution < 1.29 is 4.39 Å². The SMILES string of the molecule is Cc1cc(F)ccc1NCc1ccc(Cl)c(Cl)c1. The summed E-state index contributed by atoms with van der Waals surface area (Å²) in [4.78, 5) is 0. The minimum atomic E-state index is -0.229. The summed E-state index contributed by atoms with van der Waals surface area (Å²) in [5.41, 5.74) is 2.80. The van der Waals surface area contributed by atoms with Gasteiger partial charge >= 0.3 is 0 Å². The number of rotatable bonds is 3. The van der Waals surface area contributed by atoms with E-state index in [1.54, 1.807) is 12.1 Å². The molecular formula is C14H12Cl2FN. The first kappa shape index (κ1) is 13.2. The highest BCUT2D eigenvalue weighted by atomic mass is 35.5. The Hall–Kier alpha value is -1.25. The van der Waals surface area contributed by atoms with Crippen LogP contribution < -0.4 is 5.32 Å². The Balaban J connectivity index is 2.09. The molecule has 1 N–H and O–H groups in total. The Kier molecular flexibility index (Phi) is 4.10. The van der Waals surface area contributed by atoms with Crippen molar-refractivity contribution in [2.45, 2.75) is 13.5 Å². The lowest BCUT2D eigenvalue weighted by atomic mass is 10.1. The van der Waals surface area contributed by atoms with Gasteiger partial charge in [-0.15, -0.1) is 0 Å². The molecule has 18 heavy (non-hydrogen) atoms. The fraction of sp³-hybridized carbons (Fsp3) is 0.143. The van der Waals surface area contributed by atoms with Crippen LogP contribution in [0.2, 0.25) is 10.0 Å². The zero-order chi connectivity index (χ0) is 13.1. The molecule has 0 unspecified atom stereocenters. The summed E-state index contributed by atoms with van der Waals surface area (Å²) in [6.07, 6.45) is 0. The van der Waals surface area contributed by atoms with E-state index in [2.05, 4.69) is 5.32 Å². The molecule has 0 aromatic heterocycles. The molecule has 2 rings (SSSR count). The predicted octanol–water partition coefficient (Wildman–Crippen LogP) is 5.05. The molecule has 0 amide bonds. The van der Waals surface area contributed by atoms with Gasteiger partial charge in [0.05, 0.1) is 10.0 Å². The third-order valence-electron chi connectivity index (χ3n) is 2.66. The van der Waals surface area contributed by atoms with Gasteiger partial charge in [-0.3, -0.25) is 0 Å². The fourth-order valence-electron chi connectivity index (χ4n) is 1.67. The number of hydrogen-bond acceptors (Lipinski definition) is 1. The number of nitrogens with one attached hydrogen (secondary N) is 1. The third kappa shape index (κ3) is 3.15. The minimum absolute atomic E-state index is 0.229. The van der Waals surface area contributed by atoms with Crippen molar-refractivity contribution in [2.75, 3.05) is 5.32 Å². The number of anilines is 1. The Morgan fingerprint density at radius 2 is 1.83 bits per heavy atom. The molecular weight excluding hydrogens is 272 g/mol. The summed E-state index contributed by atoms with van der Waals surface area (Å²) in [6, 6.07) is 10.1. The van der Waals surface area contributed by atoms with Crippen LogP contribution in [0.15, 0.2) is 36.4 Å². The Labute approximate surface area is 116 Å². The Morgan fingerprint density at radius 3 is 2.50 bits per heavy atom. The molecule has 94 valence electrons. The highest BCUT2D eigenvalue weighted by Crippen LogP contribution is 2.23. The van der Waals surface area contributed by atoms with Crippen molar-refractivity contribution >= 4 is 28.9 Å². The van der Waals surface area contributed by atoms with Crippen molar-refractivity contribution in [3.05, 3.63) is 63.4 Å². The second kappa shape index (κ2) is 5.59. The van der Waals surface area contributed by atoms with Crippen LogP contribution in [0, 0.1) is 12.7 Å². The van der Waals surface area contributed by atoms with Crippen LogP contribution in [-0.2, 0) is 6.54 Å². The zero-order valence-electron chi connectivity index (χ0n) is 9.81. The number of hydrogen-bond donors (Lipinski definition) is 1. The maximum absolute atomic E-state index is 12.9. The number of aryl methyl sites for hydroxylation is 1. The van der Waals surface area contributed by atoms with Gasteiger partial charge in [0.25, 0.3) is 0 Å². The van der Waals surface area contributed by atoms with E-state index in [4.69, 9.17) is 23.2 Å². The quantitative estimate of drug-likeness (QED) is 0.831. The number of halogens is 3. The molecule has 2 aromatic carbocycles. The van der Waals surface area contributed by atoms with Crippen LogP contribution >= 0.6 is 23.2 Å². The summed E-state index contributed by atoms with van der Waals surface area (Å²) in [6.45, 7) is 2.48. The lowest BCUT2D eigenvalue weighted by Gasteiger charge is -2.10. The average molecular weight is 284 g/mol. The monoisotopic (exact) mass is 283 g/mol. The summed E-state index contributed by atoms with van der Waals surface area (Å²) < 4.78 is 12.9. The predicted molar refractivity (Wildman–Crippen MR) is 74.9 cm³/mol. The summed E-state index contributed by atoms with van der Waals surface area (Å²) in [5, 5.41) is 4.31. The largest absolute Gasteiger partial charge is 0.381 e. The molecule has 2 aromatic rings. The molecule has 0 aliphatic rings. The lowest BCUT2D eigenvalue weighted by Crippen LogP contribution is -2.01. The van der Waals surface area contributed by atoms with Crippen molar-refractivity contribution in [3.8, 4) is 0 Å². The minimum Gasteiger partial charge on any atom is -0.381 e. The molecule has 0 fully saturated rings. The van der Waals surface area contributed by atoms with E-state index in [1.807, 2.05) is 19.1 Å². The van der Waals surface area contributed by atoms with Gasteiger partial charge in [0.1, 0.15) is 5.82 Å². The van der Waals surface area contributed by atoms with Gasteiger partial charge in [0.2, 0.25) is 0 Å². The van der Waals surface area contributed by atoms with E-state index in [-0.39, 0.29) is 5.82 Å². The van der Waals surface area contributed by atoms with E-state index in [0.29, 0.717) is 16.6 Å². The van der Waals surface area contributed by atoms with Crippen molar-refractivity contribution in [3.63, 3.8) is 0 Å². The third-order valence-corrected chi connectivity index (χ3v) is 3.39. The molecule has 4 heteroatoms. The molecule has 0 spiro atoms. The smallest absolute Gasteiger partial charge is 0.123 e. The van der Waals surface area contributed by atoms with Gasteiger partial charge in [-0.2, -0.15) is 0 Å². The van der Waals surface area contributed by atoms with Crippen molar-refractivity contribution in [1.29, 1.82) is 0 Å². The van der Waals surface area contributed by atoms with Crippen LogP contribution in [-0.4, -0.2) is 0 Å². The van der Waals surface area contributed by atoms with E-state index >= 15 is 0 Å². The van der Waals surface area contributed by atoms with E-state index < -0.39 is 0 Å². The average Bonchev–Trinajstić information content (AvgIpc) is 2.32. The molecule has 0 bridgehead atoms. The zero-order valence-corrected chi connectivity index (χ0v) is 11.3. The van der Waals surface area contributed by atoms with Gasteiger partial charge in [-0.1, -0.05) is 29.3 Å². The maximum Gasteiger partial charge on any atom is 0.123 e. The summed E-state index contributed by atoms with van der Waals surface area (Å²) >= 11 is 11.8. The molecule has 0 radical (unpaired) electrons. The van der Waals surface area contributed by atoms with E-state index in [1.165, 1.54) is 12.1 Å². The normalized spacial score (nSPS) is 10.4. The maximum atomic E-state index is 12.9. The van der Waals surface area contributed by atoms with Crippen LogP contribution in [0.4, 0.5) is 10.1 Å². The molecule has 0 heterocycles. The topological polar surface area (TPSA) is 12.0 Å². The first-order chi connectivity index (χ1) is 8.56. The standard InChI is InChI=1S/C14H12Cl2FN/c1-9-6-11(17)3-5-14(9)18-8-10-2-4-12(15)13(16)7-10/h2-7,18H,8H2,1H3. The summed E-state index contributed by atoms with van der Waals surface area (Å²) in [5.74, 6) is -0.229. The molecule has 0 atom stereocenters. The van der Waals surface area contributed by atoms with Gasteiger partial charge in [-0.25, -0.2) is 4.39 Å². The van der Waals surface area contributed by atoms with Gasteiger partial charge in [-0.05, 0) is 48.4 Å².